The molecule has 1 aliphatic carbocycles. The molecule has 8 heteroatoms. The van der Waals surface area contributed by atoms with Gasteiger partial charge in [-0.25, -0.2) is 8.78 Å². The predicted octanol–water partition coefficient (Wildman–Crippen LogP) is 8.15. The van der Waals surface area contributed by atoms with Crippen LogP contribution >= 0.6 is 0 Å². The number of halogens is 5. The van der Waals surface area contributed by atoms with E-state index in [2.05, 4.69) is 4.98 Å². The minimum Gasteiger partial charge on any atom is -0.385 e. The summed E-state index contributed by atoms with van der Waals surface area (Å²) in [7, 11) is 0. The van der Waals surface area contributed by atoms with Crippen LogP contribution in [0, 0.1) is 24.0 Å². The van der Waals surface area contributed by atoms with Crippen molar-refractivity contribution in [1.29, 1.82) is 0 Å². The van der Waals surface area contributed by atoms with Gasteiger partial charge in [0.25, 0.3) is 0 Å². The van der Waals surface area contributed by atoms with Gasteiger partial charge in [0.2, 0.25) is 0 Å². The normalized spacial score (nSPS) is 16.9. The van der Waals surface area contributed by atoms with Crippen molar-refractivity contribution in [3.05, 3.63) is 52.7 Å². The Morgan fingerprint density at radius 2 is 1.78 bits per heavy atom. The molecule has 0 radical (unpaired) electrons. The van der Waals surface area contributed by atoms with E-state index in [0.717, 1.165) is 45.1 Å². The zero-order valence-corrected chi connectivity index (χ0v) is 21.4. The zero-order valence-electron chi connectivity index (χ0n) is 21.4. The number of nitrogens with zero attached hydrogens (tertiary/aromatic N) is 2. The number of hydrogen-bond acceptors (Lipinski definition) is 2. The molecule has 1 aromatic carbocycles. The van der Waals surface area contributed by atoms with Crippen LogP contribution in [0.25, 0.3) is 22.3 Å². The lowest BCUT2D eigenvalue weighted by Gasteiger charge is -2.35. The van der Waals surface area contributed by atoms with Crippen molar-refractivity contribution in [2.75, 3.05) is 0 Å². The van der Waals surface area contributed by atoms with Crippen LogP contribution in [0.3, 0.4) is 0 Å². The Balaban J connectivity index is 1.86. The Morgan fingerprint density at radius 1 is 1.11 bits per heavy atom. The molecule has 196 valence electrons. The molecule has 0 bridgehead atoms. The third-order valence-electron chi connectivity index (χ3n) is 7.64. The number of hydrogen-bond donors (Lipinski definition) is 1. The highest BCUT2D eigenvalue weighted by Crippen LogP contribution is 2.47. The molecule has 1 unspecified atom stereocenters. The molecular weight excluding hydrogens is 475 g/mol. The smallest absolute Gasteiger partial charge is 0.385 e. The third kappa shape index (κ3) is 4.42. The Morgan fingerprint density at radius 3 is 2.28 bits per heavy atom. The van der Waals surface area contributed by atoms with Gasteiger partial charge in [-0.2, -0.15) is 13.2 Å². The van der Waals surface area contributed by atoms with Gasteiger partial charge in [-0.15, -0.1) is 0 Å². The number of pyridine rings is 1. The van der Waals surface area contributed by atoms with Crippen molar-refractivity contribution in [3.8, 4) is 11.4 Å². The van der Waals surface area contributed by atoms with Crippen molar-refractivity contribution in [1.82, 2.24) is 9.55 Å². The number of aliphatic hydroxyl groups is 1. The lowest BCUT2D eigenvalue weighted by Crippen LogP contribution is -2.39. The second-order valence-corrected chi connectivity index (χ2v) is 11.0. The molecular formula is C28H33F5N2O. The number of fused-ring (bicyclic) bond motifs is 1. The van der Waals surface area contributed by atoms with Crippen molar-refractivity contribution >= 4 is 10.9 Å². The Labute approximate surface area is 208 Å². The maximum Gasteiger partial charge on any atom is 0.394 e. The zero-order chi connectivity index (χ0) is 26.6. The first-order chi connectivity index (χ1) is 16.7. The van der Waals surface area contributed by atoms with E-state index in [4.69, 9.17) is 0 Å². The highest BCUT2D eigenvalue weighted by Gasteiger charge is 2.50. The molecule has 0 aliphatic heterocycles. The van der Waals surface area contributed by atoms with Crippen LogP contribution in [-0.4, -0.2) is 20.8 Å². The summed E-state index contributed by atoms with van der Waals surface area (Å²) in [4.78, 5) is 4.54. The van der Waals surface area contributed by atoms with E-state index in [9.17, 15) is 22.7 Å². The minimum atomic E-state index is -4.47. The quantitative estimate of drug-likeness (QED) is 0.327. The number of aromatic nitrogens is 2. The van der Waals surface area contributed by atoms with E-state index in [1.807, 2.05) is 11.5 Å². The standard InChI is InChI=1S/C28H33F5N2O/c1-6-8-19-20-13-21(29)16(2)23(30)25(20)35(18-9-7-10-18)24(19)22-12-11-17(14-34-22)27(5,36)15-26(3,4)28(31,32)33/h11-14,18,36H,6-10,15H2,1-5H3. The summed E-state index contributed by atoms with van der Waals surface area (Å²) in [5.74, 6) is -1.17. The molecule has 2 aromatic heterocycles. The molecule has 1 aliphatic rings. The molecule has 2 heterocycles. The first kappa shape index (κ1) is 26.6. The highest BCUT2D eigenvalue weighted by molar-refractivity contribution is 5.92. The van der Waals surface area contributed by atoms with Gasteiger partial charge in [-0.3, -0.25) is 4.98 Å². The van der Waals surface area contributed by atoms with E-state index >= 15 is 4.39 Å². The molecule has 0 saturated heterocycles. The summed E-state index contributed by atoms with van der Waals surface area (Å²) in [6.07, 6.45) is 0.496. The molecule has 1 saturated carbocycles. The van der Waals surface area contributed by atoms with E-state index in [0.29, 0.717) is 28.7 Å². The van der Waals surface area contributed by atoms with Gasteiger partial charge >= 0.3 is 6.18 Å². The van der Waals surface area contributed by atoms with Crippen LogP contribution < -0.4 is 0 Å². The van der Waals surface area contributed by atoms with E-state index in [1.165, 1.54) is 26.1 Å². The summed E-state index contributed by atoms with van der Waals surface area (Å²) >= 11 is 0. The maximum absolute atomic E-state index is 15.5. The Bertz CT molecular complexity index is 1270. The van der Waals surface area contributed by atoms with Crippen molar-refractivity contribution in [2.45, 2.75) is 91.0 Å². The average Bonchev–Trinajstić information content (AvgIpc) is 3.03. The first-order valence-corrected chi connectivity index (χ1v) is 12.5. The molecule has 0 spiro atoms. The molecule has 4 rings (SSSR count). The summed E-state index contributed by atoms with van der Waals surface area (Å²) in [6, 6.07) is 4.70. The Kier molecular flexibility index (Phi) is 6.73. The molecule has 36 heavy (non-hydrogen) atoms. The van der Waals surface area contributed by atoms with Crippen molar-refractivity contribution < 1.29 is 27.1 Å². The highest BCUT2D eigenvalue weighted by atomic mass is 19.4. The van der Waals surface area contributed by atoms with Crippen LogP contribution in [0.1, 0.15) is 82.5 Å². The maximum atomic E-state index is 15.5. The number of alkyl halides is 3. The van der Waals surface area contributed by atoms with Gasteiger partial charge in [-0.1, -0.05) is 33.3 Å². The minimum absolute atomic E-state index is 0.0261. The third-order valence-corrected chi connectivity index (χ3v) is 7.64. The second kappa shape index (κ2) is 9.12. The molecule has 1 atom stereocenters. The van der Waals surface area contributed by atoms with Crippen LogP contribution in [0.4, 0.5) is 22.0 Å². The summed E-state index contributed by atoms with van der Waals surface area (Å²) in [5.41, 5.74) is -1.20. The van der Waals surface area contributed by atoms with E-state index in [-0.39, 0.29) is 17.2 Å². The molecule has 3 aromatic rings. The average molecular weight is 509 g/mol. The largest absolute Gasteiger partial charge is 0.394 e. The molecule has 1 fully saturated rings. The van der Waals surface area contributed by atoms with Gasteiger partial charge < -0.3 is 9.67 Å². The number of rotatable bonds is 7. The van der Waals surface area contributed by atoms with Crippen LogP contribution in [-0.2, 0) is 12.0 Å². The van der Waals surface area contributed by atoms with Crippen LogP contribution in [0.15, 0.2) is 24.4 Å². The van der Waals surface area contributed by atoms with E-state index in [1.54, 1.807) is 12.1 Å². The first-order valence-electron chi connectivity index (χ1n) is 12.5. The number of aryl methyl sites for hydroxylation is 1. The SMILES string of the molecule is CCCc1c(-c2ccc(C(C)(O)CC(C)(C)C(F)(F)F)cn2)n(C2CCC2)c2c(F)c(C)c(F)cc12. The van der Waals surface area contributed by atoms with Crippen molar-refractivity contribution in [2.24, 2.45) is 5.41 Å². The van der Waals surface area contributed by atoms with E-state index < -0.39 is 35.2 Å². The fraction of sp³-hybridized carbons (Fsp3) is 0.536. The summed E-state index contributed by atoms with van der Waals surface area (Å²) < 4.78 is 72.3. The van der Waals surface area contributed by atoms with Gasteiger partial charge in [0.15, 0.2) is 5.82 Å². The number of benzene rings is 1. The second-order valence-electron chi connectivity index (χ2n) is 11.0. The lowest BCUT2D eigenvalue weighted by molar-refractivity contribution is -0.227. The topological polar surface area (TPSA) is 38.1 Å². The van der Waals surface area contributed by atoms with Gasteiger partial charge in [0.1, 0.15) is 5.82 Å². The van der Waals surface area contributed by atoms with Gasteiger partial charge in [0.05, 0.1) is 27.9 Å². The van der Waals surface area contributed by atoms with Crippen LogP contribution in [0.2, 0.25) is 0 Å². The molecule has 3 nitrogen and oxygen atoms in total. The lowest BCUT2D eigenvalue weighted by atomic mass is 9.77. The van der Waals surface area contributed by atoms with Gasteiger partial charge in [-0.05, 0) is 63.6 Å². The monoisotopic (exact) mass is 508 g/mol. The molecule has 0 amide bonds. The fourth-order valence-corrected chi connectivity index (χ4v) is 5.26. The summed E-state index contributed by atoms with van der Waals surface area (Å²) in [6.45, 7) is 6.90. The van der Waals surface area contributed by atoms with Gasteiger partial charge in [0, 0.05) is 28.8 Å². The predicted molar refractivity (Wildman–Crippen MR) is 131 cm³/mol. The molecule has 1 N–H and O–H groups in total. The Hall–Kier alpha value is -2.48. The summed E-state index contributed by atoms with van der Waals surface area (Å²) in [5, 5.41) is 11.5. The van der Waals surface area contributed by atoms with Crippen molar-refractivity contribution in [3.63, 3.8) is 0 Å². The van der Waals surface area contributed by atoms with Crippen LogP contribution in [0.5, 0.6) is 0 Å². The fourth-order valence-electron chi connectivity index (χ4n) is 5.26.